The van der Waals surface area contributed by atoms with Crippen LogP contribution in [0.25, 0.3) is 0 Å². The van der Waals surface area contributed by atoms with Gasteiger partial charge in [0.05, 0.1) is 33.1 Å². The third-order valence-corrected chi connectivity index (χ3v) is 3.81. The van der Waals surface area contributed by atoms with E-state index in [9.17, 15) is 0 Å². The van der Waals surface area contributed by atoms with Crippen LogP contribution in [0.3, 0.4) is 0 Å². The Bertz CT molecular complexity index is 739. The summed E-state index contributed by atoms with van der Waals surface area (Å²) >= 11 is 5.37. The van der Waals surface area contributed by atoms with Gasteiger partial charge < -0.3 is 29.6 Å². The Balaban J connectivity index is 1.89. The number of methoxy groups -OCH3 is 3. The van der Waals surface area contributed by atoms with Crippen LogP contribution in [-0.4, -0.2) is 39.1 Å². The second kappa shape index (κ2) is 9.72. The SMILES string of the molecule is COc1ccc(NC(=S)N[C@@H](C)COc2ccccc2OC)c(OC)c1. The number of anilines is 1. The van der Waals surface area contributed by atoms with E-state index >= 15 is 0 Å². The van der Waals surface area contributed by atoms with Crippen LogP contribution in [0.1, 0.15) is 6.92 Å². The molecule has 0 saturated heterocycles. The van der Waals surface area contributed by atoms with Crippen molar-refractivity contribution < 1.29 is 18.9 Å². The average Bonchev–Trinajstić information content (AvgIpc) is 2.66. The molecule has 0 aliphatic rings. The molecule has 0 unspecified atom stereocenters. The van der Waals surface area contributed by atoms with Gasteiger partial charge in [0.1, 0.15) is 18.1 Å². The van der Waals surface area contributed by atoms with Gasteiger partial charge in [0.25, 0.3) is 0 Å². The Morgan fingerprint density at radius 2 is 1.65 bits per heavy atom. The lowest BCUT2D eigenvalue weighted by atomic mass is 10.2. The van der Waals surface area contributed by atoms with Crippen LogP contribution in [0.5, 0.6) is 23.0 Å². The van der Waals surface area contributed by atoms with E-state index in [1.165, 1.54) is 0 Å². The van der Waals surface area contributed by atoms with Gasteiger partial charge in [0.15, 0.2) is 16.6 Å². The fourth-order valence-corrected chi connectivity index (χ4v) is 2.59. The van der Waals surface area contributed by atoms with Crippen molar-refractivity contribution in [3.05, 3.63) is 42.5 Å². The number of nitrogens with one attached hydrogen (secondary N) is 2. The largest absolute Gasteiger partial charge is 0.497 e. The summed E-state index contributed by atoms with van der Waals surface area (Å²) in [5.41, 5.74) is 0.753. The van der Waals surface area contributed by atoms with Gasteiger partial charge in [-0.25, -0.2) is 0 Å². The molecule has 0 bridgehead atoms. The van der Waals surface area contributed by atoms with E-state index in [0.29, 0.717) is 34.7 Å². The first kappa shape index (κ1) is 19.7. The molecule has 2 aromatic carbocycles. The van der Waals surface area contributed by atoms with E-state index in [1.807, 2.05) is 43.3 Å². The Kier molecular flexibility index (Phi) is 7.35. The van der Waals surface area contributed by atoms with Crippen molar-refractivity contribution >= 4 is 23.0 Å². The molecule has 2 rings (SSSR count). The Morgan fingerprint density at radius 1 is 0.962 bits per heavy atom. The topological polar surface area (TPSA) is 61.0 Å². The predicted molar refractivity (Wildman–Crippen MR) is 107 cm³/mol. The van der Waals surface area contributed by atoms with Crippen LogP contribution < -0.4 is 29.6 Å². The van der Waals surface area contributed by atoms with Gasteiger partial charge in [0.2, 0.25) is 0 Å². The molecule has 140 valence electrons. The van der Waals surface area contributed by atoms with Crippen molar-refractivity contribution in [3.63, 3.8) is 0 Å². The van der Waals surface area contributed by atoms with Crippen LogP contribution in [0.2, 0.25) is 0 Å². The highest BCUT2D eigenvalue weighted by Gasteiger charge is 2.10. The molecular formula is C19H24N2O4S. The maximum Gasteiger partial charge on any atom is 0.171 e. The molecule has 0 saturated carbocycles. The van der Waals surface area contributed by atoms with Gasteiger partial charge >= 0.3 is 0 Å². The second-order valence-corrected chi connectivity index (χ2v) is 5.94. The van der Waals surface area contributed by atoms with E-state index in [2.05, 4.69) is 10.6 Å². The zero-order chi connectivity index (χ0) is 18.9. The molecule has 1 atom stereocenters. The van der Waals surface area contributed by atoms with Crippen LogP contribution in [-0.2, 0) is 0 Å². The third-order valence-electron chi connectivity index (χ3n) is 3.59. The summed E-state index contributed by atoms with van der Waals surface area (Å²) in [6.45, 7) is 2.41. The van der Waals surface area contributed by atoms with E-state index in [0.717, 1.165) is 5.69 Å². The molecule has 7 heteroatoms. The molecule has 2 N–H and O–H groups in total. The van der Waals surface area contributed by atoms with Crippen LogP contribution >= 0.6 is 12.2 Å². The summed E-state index contributed by atoms with van der Waals surface area (Å²) in [4.78, 5) is 0. The number of para-hydroxylation sites is 2. The van der Waals surface area contributed by atoms with Crippen molar-refractivity contribution in [1.29, 1.82) is 0 Å². The molecule has 0 aromatic heterocycles. The molecular weight excluding hydrogens is 352 g/mol. The highest BCUT2D eigenvalue weighted by Crippen LogP contribution is 2.29. The quantitative estimate of drug-likeness (QED) is 0.684. The standard InChI is InChI=1S/C19H24N2O4S/c1-13(12-25-17-8-6-5-7-16(17)23-3)20-19(26)21-15-10-9-14(22-2)11-18(15)24-4/h5-11,13H,12H2,1-4H3,(H2,20,21,26)/t13-/m0/s1. The Labute approximate surface area is 159 Å². The first-order valence-electron chi connectivity index (χ1n) is 8.12. The van der Waals surface area contributed by atoms with Gasteiger partial charge in [-0.1, -0.05) is 12.1 Å². The number of ether oxygens (including phenoxy) is 4. The van der Waals surface area contributed by atoms with E-state index in [4.69, 9.17) is 31.2 Å². The highest BCUT2D eigenvalue weighted by atomic mass is 32.1. The van der Waals surface area contributed by atoms with Gasteiger partial charge in [-0.2, -0.15) is 0 Å². The predicted octanol–water partition coefficient (Wildman–Crippen LogP) is 3.47. The van der Waals surface area contributed by atoms with Gasteiger partial charge in [-0.3, -0.25) is 0 Å². The van der Waals surface area contributed by atoms with Crippen molar-refractivity contribution in [3.8, 4) is 23.0 Å². The monoisotopic (exact) mass is 376 g/mol. The summed E-state index contributed by atoms with van der Waals surface area (Å²) < 4.78 is 21.6. The number of benzene rings is 2. The summed E-state index contributed by atoms with van der Waals surface area (Å²) in [6.07, 6.45) is 0. The molecule has 0 amide bonds. The Hall–Kier alpha value is -2.67. The lowest BCUT2D eigenvalue weighted by Crippen LogP contribution is -2.39. The zero-order valence-corrected chi connectivity index (χ0v) is 16.2. The van der Waals surface area contributed by atoms with Crippen molar-refractivity contribution in [2.75, 3.05) is 33.3 Å². The molecule has 0 spiro atoms. The second-order valence-electron chi connectivity index (χ2n) is 5.53. The summed E-state index contributed by atoms with van der Waals surface area (Å²) in [5.74, 6) is 2.75. The zero-order valence-electron chi connectivity index (χ0n) is 15.4. The fraction of sp³-hybridized carbons (Fsp3) is 0.316. The molecule has 6 nitrogen and oxygen atoms in total. The van der Waals surface area contributed by atoms with E-state index in [-0.39, 0.29) is 6.04 Å². The van der Waals surface area contributed by atoms with E-state index < -0.39 is 0 Å². The highest BCUT2D eigenvalue weighted by molar-refractivity contribution is 7.80. The molecule has 26 heavy (non-hydrogen) atoms. The average molecular weight is 376 g/mol. The van der Waals surface area contributed by atoms with Gasteiger partial charge in [-0.15, -0.1) is 0 Å². The van der Waals surface area contributed by atoms with Crippen LogP contribution in [0, 0.1) is 0 Å². The minimum Gasteiger partial charge on any atom is -0.497 e. The molecule has 0 radical (unpaired) electrons. The normalized spacial score (nSPS) is 11.2. The lowest BCUT2D eigenvalue weighted by Gasteiger charge is -2.19. The fourth-order valence-electron chi connectivity index (χ4n) is 2.28. The van der Waals surface area contributed by atoms with Gasteiger partial charge in [-0.05, 0) is 43.4 Å². The van der Waals surface area contributed by atoms with Gasteiger partial charge in [0, 0.05) is 6.07 Å². The van der Waals surface area contributed by atoms with Crippen LogP contribution in [0.15, 0.2) is 42.5 Å². The first-order chi connectivity index (χ1) is 12.6. The molecule has 0 aliphatic carbocycles. The van der Waals surface area contributed by atoms with Crippen molar-refractivity contribution in [2.24, 2.45) is 0 Å². The maximum absolute atomic E-state index is 5.80. The summed E-state index contributed by atoms with van der Waals surface area (Å²) in [6, 6.07) is 13.0. The molecule has 0 fully saturated rings. The summed E-state index contributed by atoms with van der Waals surface area (Å²) in [7, 11) is 4.82. The number of hydrogen-bond donors (Lipinski definition) is 2. The maximum atomic E-state index is 5.80. The third kappa shape index (κ3) is 5.42. The minimum atomic E-state index is -0.0100. The van der Waals surface area contributed by atoms with Crippen molar-refractivity contribution in [2.45, 2.75) is 13.0 Å². The number of thiocarbonyl (C=S) groups is 1. The molecule has 0 aliphatic heterocycles. The first-order valence-corrected chi connectivity index (χ1v) is 8.53. The summed E-state index contributed by atoms with van der Waals surface area (Å²) in [5, 5.41) is 6.78. The van der Waals surface area contributed by atoms with Crippen LogP contribution in [0.4, 0.5) is 5.69 Å². The number of rotatable bonds is 8. The minimum absolute atomic E-state index is 0.0100. The van der Waals surface area contributed by atoms with E-state index in [1.54, 1.807) is 27.4 Å². The van der Waals surface area contributed by atoms with Crippen molar-refractivity contribution in [1.82, 2.24) is 5.32 Å². The Morgan fingerprint density at radius 3 is 2.31 bits per heavy atom. The lowest BCUT2D eigenvalue weighted by molar-refractivity contribution is 0.270. The molecule has 0 heterocycles. The smallest absolute Gasteiger partial charge is 0.171 e. The number of hydrogen-bond acceptors (Lipinski definition) is 5. The molecule has 2 aromatic rings.